The monoisotopic (exact) mass is 615 g/mol. The molecule has 0 aliphatic carbocycles. The number of thiazole rings is 1. The van der Waals surface area contributed by atoms with E-state index in [0.29, 0.717) is 22.9 Å². The Labute approximate surface area is 237 Å². The van der Waals surface area contributed by atoms with Gasteiger partial charge in [0.05, 0.1) is 13.2 Å². The highest BCUT2D eigenvalue weighted by Gasteiger charge is 2.54. The Morgan fingerprint density at radius 3 is 2.95 bits per heavy atom. The Morgan fingerprint density at radius 2 is 2.23 bits per heavy atom. The van der Waals surface area contributed by atoms with E-state index in [9.17, 15) is 24.3 Å². The van der Waals surface area contributed by atoms with Crippen LogP contribution in [0.4, 0.5) is 5.13 Å². The van der Waals surface area contributed by atoms with E-state index < -0.39 is 29.2 Å². The van der Waals surface area contributed by atoms with Crippen LogP contribution in [0.5, 0.6) is 0 Å². The number of thioether (sulfide) groups is 3. The number of nitrogens with one attached hydrogen (secondary N) is 2. The van der Waals surface area contributed by atoms with Gasteiger partial charge in [0.2, 0.25) is 11.6 Å². The third-order valence-corrected chi connectivity index (χ3v) is 8.69. The van der Waals surface area contributed by atoms with Crippen molar-refractivity contribution in [2.45, 2.75) is 23.1 Å². The Balaban J connectivity index is 1.48. The van der Waals surface area contributed by atoms with E-state index >= 15 is 0 Å². The maximum absolute atomic E-state index is 13.1. The fourth-order valence-corrected chi connectivity index (χ4v) is 6.74. The molecule has 1 fully saturated rings. The number of aromatic nitrogens is 5. The highest BCUT2D eigenvalue weighted by Crippen LogP contribution is 2.41. The molecule has 4 N–H and O–H groups in total. The third-order valence-electron chi connectivity index (χ3n) is 5.19. The molecule has 1 saturated heterocycles. The van der Waals surface area contributed by atoms with Gasteiger partial charge in [-0.3, -0.25) is 19.3 Å². The minimum absolute atomic E-state index is 0.136. The van der Waals surface area contributed by atoms with Crippen LogP contribution >= 0.6 is 46.6 Å². The van der Waals surface area contributed by atoms with Gasteiger partial charge in [0.1, 0.15) is 22.8 Å². The quantitative estimate of drug-likeness (QED) is 0.0392. The number of amides is 3. The maximum Gasteiger partial charge on any atom is 0.352 e. The molecule has 0 spiro atoms. The van der Waals surface area contributed by atoms with Gasteiger partial charge in [-0.1, -0.05) is 16.9 Å². The molecule has 2 aromatic heterocycles. The van der Waals surface area contributed by atoms with E-state index in [0.717, 1.165) is 16.2 Å². The lowest BCUT2D eigenvalue weighted by molar-refractivity contribution is -0.150. The first kappa shape index (κ1) is 28.8. The second-order valence-corrected chi connectivity index (χ2v) is 11.3. The van der Waals surface area contributed by atoms with Gasteiger partial charge in [0.25, 0.3) is 11.8 Å². The van der Waals surface area contributed by atoms with Crippen LogP contribution < -0.4 is 10.6 Å². The molecule has 0 radical (unpaired) electrons. The largest absolute Gasteiger partial charge is 0.477 e. The number of anilines is 1. The van der Waals surface area contributed by atoms with E-state index in [1.165, 1.54) is 45.3 Å². The number of hydrogen-bond donors (Lipinski definition) is 4. The van der Waals surface area contributed by atoms with Crippen LogP contribution in [0, 0.1) is 0 Å². The highest BCUT2D eigenvalue weighted by atomic mass is 32.2. The van der Waals surface area contributed by atoms with E-state index in [2.05, 4.69) is 36.3 Å². The number of hydrogen-bond acceptors (Lipinski definition) is 15. The fraction of sp³-hybridized carbons (Fsp3) is 0.421. The molecule has 3 amide bonds. The third kappa shape index (κ3) is 6.35. The zero-order chi connectivity index (χ0) is 27.9. The van der Waals surface area contributed by atoms with Crippen LogP contribution in [0.2, 0.25) is 0 Å². The summed E-state index contributed by atoms with van der Waals surface area (Å²) < 4.78 is 1.40. The molecule has 208 valence electrons. The summed E-state index contributed by atoms with van der Waals surface area (Å²) in [6.45, 7) is 0.0242. The fourth-order valence-electron chi connectivity index (χ4n) is 3.54. The summed E-state index contributed by atoms with van der Waals surface area (Å²) in [5.41, 5.74) is 0.287. The normalized spacial score (nSPS) is 18.9. The summed E-state index contributed by atoms with van der Waals surface area (Å²) in [5, 5.41) is 40.6. The van der Waals surface area contributed by atoms with Crippen LogP contribution in [0.25, 0.3) is 0 Å². The minimum atomic E-state index is -1.27. The second kappa shape index (κ2) is 13.2. The molecule has 1 unspecified atom stereocenters. The van der Waals surface area contributed by atoms with Crippen LogP contribution in [-0.2, 0) is 30.6 Å². The van der Waals surface area contributed by atoms with Crippen molar-refractivity contribution in [3.05, 3.63) is 22.3 Å². The number of rotatable bonds is 14. The average Bonchev–Trinajstić information content (AvgIpc) is 3.57. The van der Waals surface area contributed by atoms with Gasteiger partial charge in [-0.25, -0.2) is 14.5 Å². The van der Waals surface area contributed by atoms with Gasteiger partial charge in [-0.2, -0.15) is 0 Å². The van der Waals surface area contributed by atoms with Crippen LogP contribution in [-0.4, -0.2) is 112 Å². The maximum atomic E-state index is 13.1. The number of fused-ring (bicyclic) bond motifs is 1. The van der Waals surface area contributed by atoms with E-state index in [1.807, 2.05) is 0 Å². The standard InChI is InChI=1S/C19H21N9O7S4/c1-36-8-35-24-11(10-6-38-18(21-10)20-7-30)14(31)22-12-15(32)28-13(17(33)34)9(4-37-16(12)28)5-39-19-23-25-26-27(19)2-3-29/h6-7,12,16,29H,2-5,8H2,1H3,(H,22,31)(H,33,34)(H,20,21,30)/t12?,16-/m1/s1. The van der Waals surface area contributed by atoms with Gasteiger partial charge in [-0.05, 0) is 22.3 Å². The van der Waals surface area contributed by atoms with Crippen molar-refractivity contribution < 1.29 is 34.2 Å². The second-order valence-electron chi connectivity index (χ2n) is 7.59. The number of tetrazole rings is 1. The smallest absolute Gasteiger partial charge is 0.352 e. The molecule has 0 saturated carbocycles. The molecule has 4 rings (SSSR count). The number of carboxylic acid groups (broad SMARTS) is 1. The number of β-lactam (4-membered cyclic amide) rings is 1. The van der Waals surface area contributed by atoms with E-state index in [4.69, 9.17) is 9.94 Å². The molecule has 0 aromatic carbocycles. The van der Waals surface area contributed by atoms with E-state index in [-0.39, 0.29) is 47.1 Å². The van der Waals surface area contributed by atoms with Crippen molar-refractivity contribution in [2.24, 2.45) is 5.16 Å². The zero-order valence-corrected chi connectivity index (χ0v) is 23.3. The lowest BCUT2D eigenvalue weighted by Gasteiger charge is -2.49. The van der Waals surface area contributed by atoms with Crippen LogP contribution in [0.3, 0.4) is 0 Å². The summed E-state index contributed by atoms with van der Waals surface area (Å²) in [7, 11) is 0. The van der Waals surface area contributed by atoms with Crippen molar-refractivity contribution in [3.63, 3.8) is 0 Å². The van der Waals surface area contributed by atoms with Crippen LogP contribution in [0.1, 0.15) is 5.69 Å². The molecule has 16 nitrogen and oxygen atoms in total. The summed E-state index contributed by atoms with van der Waals surface area (Å²) in [4.78, 5) is 59.5. The number of carbonyl (C=O) groups excluding carboxylic acids is 3. The van der Waals surface area contributed by atoms with Gasteiger partial charge >= 0.3 is 5.97 Å². The molecule has 2 atom stereocenters. The molecule has 2 aliphatic rings. The van der Waals surface area contributed by atoms with E-state index in [1.54, 1.807) is 6.26 Å². The highest BCUT2D eigenvalue weighted by molar-refractivity contribution is 8.01. The first-order chi connectivity index (χ1) is 18.9. The summed E-state index contributed by atoms with van der Waals surface area (Å²) in [6.07, 6.45) is 2.23. The molecule has 39 heavy (non-hydrogen) atoms. The number of nitrogens with zero attached hydrogens (tertiary/aromatic N) is 7. The Bertz CT molecular complexity index is 1310. The van der Waals surface area contributed by atoms with Crippen molar-refractivity contribution in [1.29, 1.82) is 0 Å². The molecule has 4 heterocycles. The number of aliphatic hydroxyl groups excluding tert-OH is 1. The summed E-state index contributed by atoms with van der Waals surface area (Å²) >= 11 is 4.90. The predicted molar refractivity (Wildman–Crippen MR) is 143 cm³/mol. The lowest BCUT2D eigenvalue weighted by atomic mass is 10.0. The molecular weight excluding hydrogens is 595 g/mol. The predicted octanol–water partition coefficient (Wildman–Crippen LogP) is -0.738. The summed E-state index contributed by atoms with van der Waals surface area (Å²) in [5.74, 6) is -1.93. The average molecular weight is 616 g/mol. The van der Waals surface area contributed by atoms with Gasteiger partial charge in [0.15, 0.2) is 16.8 Å². The number of aliphatic hydroxyl groups is 1. The first-order valence-electron chi connectivity index (χ1n) is 10.9. The molecule has 20 heteroatoms. The Hall–Kier alpha value is -3.20. The summed E-state index contributed by atoms with van der Waals surface area (Å²) in [6, 6.07) is -1.00. The van der Waals surface area contributed by atoms with Gasteiger partial charge in [0, 0.05) is 16.9 Å². The zero-order valence-electron chi connectivity index (χ0n) is 20.0. The number of oxime groups is 1. The Kier molecular flexibility index (Phi) is 9.78. The van der Waals surface area contributed by atoms with Crippen LogP contribution in [0.15, 0.2) is 27.0 Å². The molecule has 0 bridgehead atoms. The molecular formula is C19H21N9O7S4. The van der Waals surface area contributed by atoms with Crippen molar-refractivity contribution >= 4 is 81.7 Å². The number of carboxylic acids is 1. The SMILES string of the molecule is CSCON=C(C(=O)NC1C(=O)N2C(C(=O)O)=C(CSc3nnnn3CCO)CS[C@H]12)c1csc(NC=O)n1. The van der Waals surface area contributed by atoms with Crippen molar-refractivity contribution in [1.82, 2.24) is 35.4 Å². The Morgan fingerprint density at radius 1 is 1.41 bits per heavy atom. The van der Waals surface area contributed by atoms with Gasteiger partial charge < -0.3 is 25.7 Å². The first-order valence-corrected chi connectivity index (χ1v) is 15.3. The molecule has 2 aliphatic heterocycles. The topological polar surface area (TPSA) is 214 Å². The van der Waals surface area contributed by atoms with Crippen molar-refractivity contribution in [2.75, 3.05) is 35.6 Å². The van der Waals surface area contributed by atoms with Gasteiger partial charge in [-0.15, -0.1) is 40.0 Å². The lowest BCUT2D eigenvalue weighted by Crippen LogP contribution is -2.71. The van der Waals surface area contributed by atoms with Crippen molar-refractivity contribution in [3.8, 4) is 0 Å². The minimum Gasteiger partial charge on any atom is -0.477 e. The molecule has 2 aromatic rings. The number of carbonyl (C=O) groups is 4. The number of aliphatic carboxylic acids is 1.